The highest BCUT2D eigenvalue weighted by atomic mass is 32.2. The molecule has 0 bridgehead atoms. The normalized spacial score (nSPS) is 11.7. The lowest BCUT2D eigenvalue weighted by molar-refractivity contribution is -0.141. The third-order valence-corrected chi connectivity index (χ3v) is 4.31. The molecular formula is C16H12F4N4S. The Bertz CT molecular complexity index is 832. The molecule has 3 rings (SSSR count). The van der Waals surface area contributed by atoms with E-state index < -0.39 is 12.7 Å². The molecule has 9 heteroatoms. The number of hydrogen-bond donors (Lipinski definition) is 0. The minimum Gasteiger partial charge on any atom is -0.293 e. The van der Waals surface area contributed by atoms with Gasteiger partial charge in [-0.1, -0.05) is 23.9 Å². The predicted octanol–water partition coefficient (Wildman–Crippen LogP) is 4.33. The van der Waals surface area contributed by atoms with Gasteiger partial charge in [0.2, 0.25) is 0 Å². The quantitative estimate of drug-likeness (QED) is 0.497. The SMILES string of the molecule is Fc1ccc(CSc2nnc(-c3ccncc3)n2CC(F)(F)F)cc1. The first-order valence-electron chi connectivity index (χ1n) is 7.20. The Kier molecular flexibility index (Phi) is 5.03. The molecule has 0 aliphatic rings. The van der Waals surface area contributed by atoms with Crippen molar-refractivity contribution in [3.63, 3.8) is 0 Å². The zero-order valence-corrected chi connectivity index (χ0v) is 13.6. The van der Waals surface area contributed by atoms with Crippen molar-refractivity contribution >= 4 is 11.8 Å². The van der Waals surface area contributed by atoms with Crippen molar-refractivity contribution in [2.45, 2.75) is 23.6 Å². The van der Waals surface area contributed by atoms with Crippen molar-refractivity contribution in [1.82, 2.24) is 19.7 Å². The van der Waals surface area contributed by atoms with Crippen LogP contribution in [0.2, 0.25) is 0 Å². The molecule has 25 heavy (non-hydrogen) atoms. The molecule has 0 N–H and O–H groups in total. The molecule has 0 saturated carbocycles. The van der Waals surface area contributed by atoms with E-state index >= 15 is 0 Å². The minimum absolute atomic E-state index is 0.126. The number of pyridine rings is 1. The predicted molar refractivity (Wildman–Crippen MR) is 85.3 cm³/mol. The highest BCUT2D eigenvalue weighted by Gasteiger charge is 2.31. The van der Waals surface area contributed by atoms with E-state index in [1.54, 1.807) is 24.3 Å². The Morgan fingerprint density at radius 3 is 2.28 bits per heavy atom. The minimum atomic E-state index is -4.41. The summed E-state index contributed by atoms with van der Waals surface area (Å²) in [7, 11) is 0. The molecule has 0 amide bonds. The second-order valence-corrected chi connectivity index (χ2v) is 6.10. The number of hydrogen-bond acceptors (Lipinski definition) is 4. The number of benzene rings is 1. The molecule has 130 valence electrons. The van der Waals surface area contributed by atoms with E-state index in [4.69, 9.17) is 0 Å². The van der Waals surface area contributed by atoms with Gasteiger partial charge < -0.3 is 0 Å². The maximum absolute atomic E-state index is 13.0. The van der Waals surface area contributed by atoms with Gasteiger partial charge in [0.25, 0.3) is 0 Å². The molecule has 0 atom stereocenters. The summed E-state index contributed by atoms with van der Waals surface area (Å²) in [6.45, 7) is -1.19. The molecular weight excluding hydrogens is 356 g/mol. The van der Waals surface area contributed by atoms with E-state index in [1.807, 2.05) is 0 Å². The Morgan fingerprint density at radius 1 is 0.960 bits per heavy atom. The number of aromatic nitrogens is 4. The standard InChI is InChI=1S/C16H12F4N4S/c17-13-3-1-11(2-4-13)9-25-15-23-22-14(12-5-7-21-8-6-12)24(15)10-16(18,19)20/h1-8H,9-10H2. The first kappa shape index (κ1) is 17.4. The largest absolute Gasteiger partial charge is 0.406 e. The number of alkyl halides is 3. The molecule has 0 aliphatic heterocycles. The van der Waals surface area contributed by atoms with Gasteiger partial charge in [0.15, 0.2) is 11.0 Å². The van der Waals surface area contributed by atoms with Crippen LogP contribution in [0, 0.1) is 5.82 Å². The fraction of sp³-hybridized carbons (Fsp3) is 0.188. The Balaban J connectivity index is 1.87. The zero-order chi connectivity index (χ0) is 17.9. The van der Waals surface area contributed by atoms with Crippen LogP contribution in [-0.2, 0) is 12.3 Å². The smallest absolute Gasteiger partial charge is 0.293 e. The van der Waals surface area contributed by atoms with Crippen molar-refractivity contribution < 1.29 is 17.6 Å². The van der Waals surface area contributed by atoms with E-state index in [1.165, 1.54) is 24.5 Å². The van der Waals surface area contributed by atoms with Gasteiger partial charge >= 0.3 is 6.18 Å². The van der Waals surface area contributed by atoms with E-state index in [-0.39, 0.29) is 16.8 Å². The van der Waals surface area contributed by atoms with Crippen LogP contribution in [-0.4, -0.2) is 25.9 Å². The summed E-state index contributed by atoms with van der Waals surface area (Å²) < 4.78 is 52.8. The van der Waals surface area contributed by atoms with Gasteiger partial charge in [0.1, 0.15) is 12.4 Å². The molecule has 0 spiro atoms. The van der Waals surface area contributed by atoms with Crippen LogP contribution in [0.25, 0.3) is 11.4 Å². The Hall–Kier alpha value is -2.42. The molecule has 2 aromatic heterocycles. The lowest BCUT2D eigenvalue weighted by atomic mass is 10.2. The van der Waals surface area contributed by atoms with Crippen molar-refractivity contribution in [1.29, 1.82) is 0 Å². The van der Waals surface area contributed by atoms with Gasteiger partial charge in [-0.3, -0.25) is 9.55 Å². The van der Waals surface area contributed by atoms with Gasteiger partial charge in [0.05, 0.1) is 0 Å². The molecule has 0 fully saturated rings. The average molecular weight is 368 g/mol. The van der Waals surface area contributed by atoms with Crippen LogP contribution in [0.4, 0.5) is 17.6 Å². The van der Waals surface area contributed by atoms with Crippen LogP contribution in [0.15, 0.2) is 53.9 Å². The van der Waals surface area contributed by atoms with Crippen LogP contribution in [0.5, 0.6) is 0 Å². The Morgan fingerprint density at radius 2 is 1.64 bits per heavy atom. The van der Waals surface area contributed by atoms with Gasteiger partial charge in [-0.15, -0.1) is 10.2 Å². The van der Waals surface area contributed by atoms with Gasteiger partial charge in [-0.2, -0.15) is 13.2 Å². The summed E-state index contributed by atoms with van der Waals surface area (Å²) in [5.74, 6) is 0.113. The van der Waals surface area contributed by atoms with Crippen molar-refractivity contribution in [2.24, 2.45) is 0 Å². The third kappa shape index (κ3) is 4.56. The maximum Gasteiger partial charge on any atom is 0.406 e. The summed E-state index contributed by atoms with van der Waals surface area (Å²) >= 11 is 1.11. The molecule has 0 saturated heterocycles. The van der Waals surface area contributed by atoms with Crippen molar-refractivity contribution in [2.75, 3.05) is 0 Å². The third-order valence-electron chi connectivity index (χ3n) is 3.27. The van der Waals surface area contributed by atoms with E-state index in [0.29, 0.717) is 11.3 Å². The number of thioether (sulfide) groups is 1. The van der Waals surface area contributed by atoms with Crippen LogP contribution >= 0.6 is 11.8 Å². The summed E-state index contributed by atoms with van der Waals surface area (Å²) in [6, 6.07) is 8.92. The molecule has 1 aromatic carbocycles. The molecule has 4 nitrogen and oxygen atoms in total. The summed E-state index contributed by atoms with van der Waals surface area (Å²) in [5.41, 5.74) is 1.28. The first-order valence-corrected chi connectivity index (χ1v) is 8.18. The molecule has 0 radical (unpaired) electrons. The summed E-state index contributed by atoms with van der Waals surface area (Å²) in [6.07, 6.45) is -1.45. The lowest BCUT2D eigenvalue weighted by Gasteiger charge is -2.12. The van der Waals surface area contributed by atoms with Crippen LogP contribution < -0.4 is 0 Å². The highest BCUT2D eigenvalue weighted by molar-refractivity contribution is 7.98. The van der Waals surface area contributed by atoms with Crippen LogP contribution in [0.1, 0.15) is 5.56 Å². The number of nitrogens with zero attached hydrogens (tertiary/aromatic N) is 4. The second-order valence-electron chi connectivity index (χ2n) is 5.16. The monoisotopic (exact) mass is 368 g/mol. The fourth-order valence-corrected chi connectivity index (χ4v) is 3.05. The lowest BCUT2D eigenvalue weighted by Crippen LogP contribution is -2.19. The number of halogens is 4. The first-order chi connectivity index (χ1) is 11.9. The topological polar surface area (TPSA) is 43.6 Å². The molecule has 0 unspecified atom stereocenters. The maximum atomic E-state index is 13.0. The Labute approximate surface area is 144 Å². The van der Waals surface area contributed by atoms with Crippen molar-refractivity contribution in [3.05, 3.63) is 60.2 Å². The van der Waals surface area contributed by atoms with Crippen molar-refractivity contribution in [3.8, 4) is 11.4 Å². The molecule has 2 heterocycles. The van der Waals surface area contributed by atoms with Crippen LogP contribution in [0.3, 0.4) is 0 Å². The van der Waals surface area contributed by atoms with Gasteiger partial charge in [0, 0.05) is 23.7 Å². The van der Waals surface area contributed by atoms with Gasteiger partial charge in [-0.25, -0.2) is 4.39 Å². The highest BCUT2D eigenvalue weighted by Crippen LogP contribution is 2.29. The van der Waals surface area contributed by atoms with E-state index in [0.717, 1.165) is 21.9 Å². The summed E-state index contributed by atoms with van der Waals surface area (Å²) in [4.78, 5) is 3.85. The second kappa shape index (κ2) is 7.22. The number of rotatable bonds is 5. The summed E-state index contributed by atoms with van der Waals surface area (Å²) in [5, 5.41) is 7.94. The van der Waals surface area contributed by atoms with Gasteiger partial charge in [-0.05, 0) is 29.8 Å². The fourth-order valence-electron chi connectivity index (χ4n) is 2.16. The molecule has 0 aliphatic carbocycles. The zero-order valence-electron chi connectivity index (χ0n) is 12.7. The van der Waals surface area contributed by atoms with E-state index in [2.05, 4.69) is 15.2 Å². The molecule has 3 aromatic rings. The average Bonchev–Trinajstić information content (AvgIpc) is 2.96. The van der Waals surface area contributed by atoms with E-state index in [9.17, 15) is 17.6 Å².